The molecule has 0 saturated carbocycles. The molecule has 0 aliphatic carbocycles. The van der Waals surface area contributed by atoms with Crippen LogP contribution in [0.1, 0.15) is 23.9 Å². The van der Waals surface area contributed by atoms with Crippen LogP contribution in [0.2, 0.25) is 0 Å². The summed E-state index contributed by atoms with van der Waals surface area (Å²) >= 11 is 0. The van der Waals surface area contributed by atoms with Crippen LogP contribution in [0.3, 0.4) is 0 Å². The zero-order valence-corrected chi connectivity index (χ0v) is 16.4. The number of hydrogen-bond donors (Lipinski definition) is 2. The lowest BCUT2D eigenvalue weighted by atomic mass is 10.1. The van der Waals surface area contributed by atoms with Crippen LogP contribution in [0.4, 0.5) is 16.3 Å². The number of aromatic nitrogens is 4. The van der Waals surface area contributed by atoms with E-state index in [1.165, 1.54) is 13.4 Å². The average molecular weight is 361 g/mol. The number of carbonyl (C=O) groups excluding carboxylic acids is 1. The maximum Gasteiger partial charge on any atom is 0.319 e. The summed E-state index contributed by atoms with van der Waals surface area (Å²) in [6, 6.07) is -0.414. The van der Waals surface area contributed by atoms with Crippen molar-refractivity contribution in [2.75, 3.05) is 31.4 Å². The summed E-state index contributed by atoms with van der Waals surface area (Å²) in [5.41, 5.74) is 3.66. The van der Waals surface area contributed by atoms with Gasteiger partial charge in [0.15, 0.2) is 5.82 Å². The zero-order valence-electron chi connectivity index (χ0n) is 16.4. The quantitative estimate of drug-likeness (QED) is 0.812. The average Bonchev–Trinajstić information content (AvgIpc) is 2.80. The number of hydrogen-bond acceptors (Lipinski definition) is 6. The van der Waals surface area contributed by atoms with Crippen molar-refractivity contribution in [3.05, 3.63) is 23.3 Å². The molecule has 2 N–H and O–H groups in total. The number of urea groups is 1. The Hall–Kier alpha value is -2.84. The van der Waals surface area contributed by atoms with E-state index < -0.39 is 0 Å². The maximum absolute atomic E-state index is 12.5. The summed E-state index contributed by atoms with van der Waals surface area (Å²) in [6.45, 7) is 5.96. The smallest absolute Gasteiger partial charge is 0.319 e. The van der Waals surface area contributed by atoms with Crippen LogP contribution in [0.15, 0.2) is 6.33 Å². The molecule has 2 amide bonds. The Labute approximate surface area is 153 Å². The van der Waals surface area contributed by atoms with Crippen LogP contribution in [0.5, 0.6) is 5.88 Å². The first kappa shape index (κ1) is 19.5. The third kappa shape index (κ3) is 4.22. The van der Waals surface area contributed by atoms with E-state index in [0.717, 1.165) is 17.0 Å². The fraction of sp³-hybridized carbons (Fsp3) is 0.529. The molecule has 2 aromatic rings. The highest BCUT2D eigenvalue weighted by Crippen LogP contribution is 2.29. The highest BCUT2D eigenvalue weighted by Gasteiger charge is 2.19. The largest absolute Gasteiger partial charge is 0.479 e. The molecule has 2 heterocycles. The summed E-state index contributed by atoms with van der Waals surface area (Å²) < 4.78 is 7.09. The third-order valence-electron chi connectivity index (χ3n) is 4.19. The van der Waals surface area contributed by atoms with Crippen molar-refractivity contribution in [3.8, 4) is 5.88 Å². The molecule has 26 heavy (non-hydrogen) atoms. The highest BCUT2D eigenvalue weighted by molar-refractivity contribution is 5.94. The summed E-state index contributed by atoms with van der Waals surface area (Å²) in [4.78, 5) is 22.5. The second-order valence-electron chi connectivity index (χ2n) is 6.45. The van der Waals surface area contributed by atoms with Crippen molar-refractivity contribution in [2.45, 2.75) is 33.2 Å². The first-order valence-electron chi connectivity index (χ1n) is 8.37. The minimum Gasteiger partial charge on any atom is -0.479 e. The van der Waals surface area contributed by atoms with Gasteiger partial charge in [0.25, 0.3) is 0 Å². The minimum atomic E-state index is -0.340. The summed E-state index contributed by atoms with van der Waals surface area (Å²) in [7, 11) is 7.09. The Morgan fingerprint density at radius 1 is 1.35 bits per heavy atom. The number of nitrogens with one attached hydrogen (secondary N) is 2. The summed E-state index contributed by atoms with van der Waals surface area (Å²) in [5, 5.41) is 10.2. The van der Waals surface area contributed by atoms with Crippen LogP contribution >= 0.6 is 0 Å². The van der Waals surface area contributed by atoms with E-state index in [1.54, 1.807) is 4.90 Å². The molecule has 2 rings (SSSR count). The number of amides is 2. The Balaban J connectivity index is 2.09. The van der Waals surface area contributed by atoms with Crippen LogP contribution < -0.4 is 20.3 Å². The lowest BCUT2D eigenvalue weighted by Crippen LogP contribution is -2.38. The van der Waals surface area contributed by atoms with Gasteiger partial charge < -0.3 is 20.3 Å². The highest BCUT2D eigenvalue weighted by atomic mass is 16.5. The molecule has 0 radical (unpaired) electrons. The third-order valence-corrected chi connectivity index (χ3v) is 4.19. The molecule has 0 aliphatic rings. The maximum atomic E-state index is 12.5. The molecular weight excluding hydrogens is 334 g/mol. The van der Waals surface area contributed by atoms with Gasteiger partial charge in [-0.2, -0.15) is 10.1 Å². The van der Waals surface area contributed by atoms with E-state index >= 15 is 0 Å². The van der Waals surface area contributed by atoms with Gasteiger partial charge in [0.2, 0.25) is 5.88 Å². The van der Waals surface area contributed by atoms with E-state index in [2.05, 4.69) is 25.7 Å². The van der Waals surface area contributed by atoms with Crippen molar-refractivity contribution in [1.82, 2.24) is 25.1 Å². The molecule has 0 aromatic carbocycles. The second kappa shape index (κ2) is 8.03. The van der Waals surface area contributed by atoms with Crippen LogP contribution in [0.25, 0.3) is 0 Å². The Bertz CT molecular complexity index is 786. The van der Waals surface area contributed by atoms with Gasteiger partial charge in [-0.05, 0) is 32.8 Å². The van der Waals surface area contributed by atoms with Crippen LogP contribution in [-0.4, -0.2) is 53.0 Å². The predicted molar refractivity (Wildman–Crippen MR) is 101 cm³/mol. The van der Waals surface area contributed by atoms with Crippen molar-refractivity contribution in [1.29, 1.82) is 0 Å². The zero-order chi connectivity index (χ0) is 19.4. The van der Waals surface area contributed by atoms with E-state index in [1.807, 2.05) is 46.6 Å². The van der Waals surface area contributed by atoms with Gasteiger partial charge in [-0.25, -0.2) is 9.78 Å². The molecule has 9 heteroatoms. The fourth-order valence-electron chi connectivity index (χ4n) is 2.81. The lowest BCUT2D eigenvalue weighted by Gasteiger charge is -2.19. The van der Waals surface area contributed by atoms with Gasteiger partial charge in [0.05, 0.1) is 12.8 Å². The predicted octanol–water partition coefficient (Wildman–Crippen LogP) is 1.65. The molecule has 0 saturated heterocycles. The lowest BCUT2D eigenvalue weighted by molar-refractivity contribution is 0.249. The van der Waals surface area contributed by atoms with E-state index in [4.69, 9.17) is 4.74 Å². The van der Waals surface area contributed by atoms with Crippen molar-refractivity contribution < 1.29 is 9.53 Å². The van der Waals surface area contributed by atoms with Crippen LogP contribution in [0, 0.1) is 13.8 Å². The number of ether oxygens (including phenoxy) is 1. The molecule has 2 aromatic heterocycles. The van der Waals surface area contributed by atoms with Crippen LogP contribution in [-0.2, 0) is 13.5 Å². The first-order valence-corrected chi connectivity index (χ1v) is 8.37. The molecule has 1 atom stereocenters. The number of rotatable bonds is 6. The summed E-state index contributed by atoms with van der Waals surface area (Å²) in [6.07, 6.45) is 2.09. The molecule has 9 nitrogen and oxygen atoms in total. The monoisotopic (exact) mass is 361 g/mol. The van der Waals surface area contributed by atoms with Crippen molar-refractivity contribution in [3.63, 3.8) is 0 Å². The number of anilines is 2. The molecule has 0 spiro atoms. The normalized spacial score (nSPS) is 11.8. The number of methoxy groups -OCH3 is 1. The van der Waals surface area contributed by atoms with Gasteiger partial charge in [0.1, 0.15) is 12.0 Å². The summed E-state index contributed by atoms with van der Waals surface area (Å²) in [5.74, 6) is 0.879. The SMILES string of the molecule is COc1ncnc(N(C)C)c1NC(=O)NC(C)Cc1c(C)nn(C)c1C. The van der Waals surface area contributed by atoms with Gasteiger partial charge in [-0.3, -0.25) is 4.68 Å². The minimum absolute atomic E-state index is 0.0740. The molecule has 0 bridgehead atoms. The van der Waals surface area contributed by atoms with E-state index in [9.17, 15) is 4.79 Å². The fourth-order valence-corrected chi connectivity index (χ4v) is 2.81. The Morgan fingerprint density at radius 2 is 2.04 bits per heavy atom. The Kier molecular flexibility index (Phi) is 6.01. The number of carbonyl (C=O) groups is 1. The standard InChI is InChI=1S/C17H27N7O2/c1-10(8-13-11(2)22-24(6)12(13)3)20-17(25)21-14-15(23(4)5)18-9-19-16(14)26-7/h9-10H,8H2,1-7H3,(H2,20,21,25). The van der Waals surface area contributed by atoms with E-state index in [-0.39, 0.29) is 12.1 Å². The molecule has 0 aliphatic heterocycles. The Morgan fingerprint density at radius 3 is 2.58 bits per heavy atom. The molecule has 142 valence electrons. The number of aryl methyl sites for hydroxylation is 2. The van der Waals surface area contributed by atoms with Crippen molar-refractivity contribution >= 4 is 17.5 Å². The van der Waals surface area contributed by atoms with Gasteiger partial charge in [0, 0.05) is 32.9 Å². The van der Waals surface area contributed by atoms with Gasteiger partial charge >= 0.3 is 6.03 Å². The topological polar surface area (TPSA) is 97.2 Å². The molecule has 0 fully saturated rings. The molecule has 1 unspecified atom stereocenters. The molecular formula is C17H27N7O2. The number of nitrogens with zero attached hydrogens (tertiary/aromatic N) is 5. The van der Waals surface area contributed by atoms with Crippen molar-refractivity contribution in [2.24, 2.45) is 7.05 Å². The van der Waals surface area contributed by atoms with Gasteiger partial charge in [-0.1, -0.05) is 0 Å². The second-order valence-corrected chi connectivity index (χ2v) is 6.45. The van der Waals surface area contributed by atoms with E-state index in [0.29, 0.717) is 23.8 Å². The van der Waals surface area contributed by atoms with Gasteiger partial charge in [-0.15, -0.1) is 0 Å². The first-order chi connectivity index (χ1) is 12.2.